The minimum Gasteiger partial charge on any atom is -0.381 e. The van der Waals surface area contributed by atoms with E-state index >= 15 is 0 Å². The van der Waals surface area contributed by atoms with E-state index < -0.39 is 29.9 Å². The summed E-state index contributed by atoms with van der Waals surface area (Å²) in [5.74, 6) is 8.90. The summed E-state index contributed by atoms with van der Waals surface area (Å²) in [4.78, 5) is 26.0. The highest BCUT2D eigenvalue weighted by Gasteiger charge is 2.46. The van der Waals surface area contributed by atoms with E-state index in [9.17, 15) is 23.5 Å². The summed E-state index contributed by atoms with van der Waals surface area (Å²) < 4.78 is 26.2. The van der Waals surface area contributed by atoms with Crippen LogP contribution in [0.25, 0.3) is 0 Å². The van der Waals surface area contributed by atoms with Crippen molar-refractivity contribution in [2.45, 2.75) is 25.0 Å². The summed E-state index contributed by atoms with van der Waals surface area (Å²) >= 11 is 0. The van der Waals surface area contributed by atoms with Gasteiger partial charge in [-0.05, 0) is 67.3 Å². The van der Waals surface area contributed by atoms with Crippen LogP contribution in [-0.4, -0.2) is 54.3 Å². The normalized spacial score (nSPS) is 12.8. The van der Waals surface area contributed by atoms with Gasteiger partial charge in [0.15, 0.2) is 5.60 Å². The number of alkyl halides is 2. The van der Waals surface area contributed by atoms with E-state index in [1.54, 1.807) is 0 Å². The average Bonchev–Trinajstić information content (AvgIpc) is 2.80. The number of rotatable bonds is 6. The second kappa shape index (κ2) is 11.1. The Morgan fingerprint density at radius 3 is 1.88 bits per heavy atom. The number of hydrogen-bond acceptors (Lipinski definition) is 5. The zero-order valence-corrected chi connectivity index (χ0v) is 18.2. The Labute approximate surface area is 190 Å². The van der Waals surface area contributed by atoms with E-state index in [1.165, 1.54) is 24.3 Å². The van der Waals surface area contributed by atoms with Crippen molar-refractivity contribution in [2.75, 3.05) is 19.0 Å². The number of nitrogens with one attached hydrogen (secondary N) is 2. The van der Waals surface area contributed by atoms with Gasteiger partial charge in [-0.2, -0.15) is 0 Å². The lowest BCUT2D eigenvalue weighted by atomic mass is 9.95. The van der Waals surface area contributed by atoms with Gasteiger partial charge < -0.3 is 15.3 Å². The van der Waals surface area contributed by atoms with Crippen molar-refractivity contribution in [1.82, 2.24) is 10.8 Å². The number of hydroxylamine groups is 1. The highest BCUT2D eigenvalue weighted by Crippen LogP contribution is 2.20. The molecule has 0 saturated carbocycles. The second-order valence-electron chi connectivity index (χ2n) is 7.43. The molecule has 0 fully saturated rings. The molecule has 0 saturated heterocycles. The molecule has 2 aromatic rings. The average molecular weight is 455 g/mol. The van der Waals surface area contributed by atoms with Crippen molar-refractivity contribution in [1.29, 1.82) is 0 Å². The SMILES string of the molecule is CN(C)c1ccc(C#CC#Cc2ccc(C(=O)NC(C(=O)NO)C(C)(O)C(F)F)cc2)cc1. The van der Waals surface area contributed by atoms with Crippen LogP contribution in [0.3, 0.4) is 0 Å². The molecule has 0 spiro atoms. The summed E-state index contributed by atoms with van der Waals surface area (Å²) in [6.07, 6.45) is -3.36. The largest absolute Gasteiger partial charge is 0.381 e. The lowest BCUT2D eigenvalue weighted by molar-refractivity contribution is -0.149. The topological polar surface area (TPSA) is 102 Å². The fraction of sp³-hybridized carbons (Fsp3) is 0.250. The molecular formula is C24H23F2N3O4. The molecule has 7 nitrogen and oxygen atoms in total. The maximum atomic E-state index is 13.1. The quantitative estimate of drug-likeness (QED) is 0.302. The molecule has 4 N–H and O–H groups in total. The van der Waals surface area contributed by atoms with E-state index in [-0.39, 0.29) is 5.56 Å². The van der Waals surface area contributed by atoms with Gasteiger partial charge >= 0.3 is 0 Å². The Kier molecular flexibility index (Phi) is 8.52. The Bertz CT molecular complexity index is 1110. The Morgan fingerprint density at radius 1 is 0.970 bits per heavy atom. The number of nitrogens with zero attached hydrogens (tertiary/aromatic N) is 1. The lowest BCUT2D eigenvalue weighted by Crippen LogP contribution is -2.61. The van der Waals surface area contributed by atoms with Gasteiger partial charge in [-0.3, -0.25) is 14.8 Å². The first-order valence-electron chi connectivity index (χ1n) is 9.71. The predicted octanol–water partition coefficient (Wildman–Crippen LogP) is 1.78. The molecule has 0 bridgehead atoms. The highest BCUT2D eigenvalue weighted by atomic mass is 19.3. The molecule has 172 valence electrons. The molecule has 0 aliphatic carbocycles. The summed E-state index contributed by atoms with van der Waals surface area (Å²) in [5, 5.41) is 20.6. The van der Waals surface area contributed by atoms with Crippen LogP contribution in [0.15, 0.2) is 48.5 Å². The van der Waals surface area contributed by atoms with Crippen LogP contribution in [-0.2, 0) is 4.79 Å². The fourth-order valence-corrected chi connectivity index (χ4v) is 2.64. The third-order valence-corrected chi connectivity index (χ3v) is 4.68. The van der Waals surface area contributed by atoms with Crippen molar-refractivity contribution < 1.29 is 28.7 Å². The molecule has 0 aliphatic heterocycles. The van der Waals surface area contributed by atoms with Crippen molar-refractivity contribution in [2.24, 2.45) is 0 Å². The molecule has 2 amide bonds. The van der Waals surface area contributed by atoms with Crippen LogP contribution in [0.5, 0.6) is 0 Å². The molecule has 0 aliphatic rings. The van der Waals surface area contributed by atoms with Gasteiger partial charge in [0.05, 0.1) is 0 Å². The first kappa shape index (κ1) is 25.3. The molecule has 2 atom stereocenters. The van der Waals surface area contributed by atoms with Gasteiger partial charge in [0, 0.05) is 36.5 Å². The smallest absolute Gasteiger partial charge is 0.269 e. The maximum absolute atomic E-state index is 13.1. The number of carbonyl (C=O) groups is 2. The minimum atomic E-state index is -3.36. The number of hydrogen-bond donors (Lipinski definition) is 4. The highest BCUT2D eigenvalue weighted by molar-refractivity contribution is 5.97. The molecule has 2 unspecified atom stereocenters. The zero-order valence-electron chi connectivity index (χ0n) is 18.2. The third kappa shape index (κ3) is 6.78. The second-order valence-corrected chi connectivity index (χ2v) is 7.43. The summed E-state index contributed by atoms with van der Waals surface area (Å²) in [6, 6.07) is 11.3. The number of carbonyl (C=O) groups excluding carboxylic acids is 2. The number of anilines is 1. The zero-order chi connectivity index (χ0) is 24.6. The first-order valence-corrected chi connectivity index (χ1v) is 9.71. The van der Waals surface area contributed by atoms with E-state index in [0.717, 1.165) is 16.7 Å². The Morgan fingerprint density at radius 2 is 1.45 bits per heavy atom. The lowest BCUT2D eigenvalue weighted by Gasteiger charge is -2.30. The molecule has 0 heterocycles. The van der Waals surface area contributed by atoms with E-state index in [0.29, 0.717) is 12.5 Å². The van der Waals surface area contributed by atoms with Gasteiger partial charge in [0.2, 0.25) is 0 Å². The molecule has 9 heteroatoms. The van der Waals surface area contributed by atoms with Gasteiger partial charge in [0.25, 0.3) is 18.2 Å². The van der Waals surface area contributed by atoms with E-state index in [1.807, 2.05) is 48.6 Å². The minimum absolute atomic E-state index is 0.0356. The van der Waals surface area contributed by atoms with Crippen molar-refractivity contribution >= 4 is 17.5 Å². The molecule has 0 radical (unpaired) electrons. The van der Waals surface area contributed by atoms with Gasteiger partial charge in [0.1, 0.15) is 6.04 Å². The van der Waals surface area contributed by atoms with Crippen LogP contribution >= 0.6 is 0 Å². The number of amides is 2. The van der Waals surface area contributed by atoms with Crippen molar-refractivity contribution in [3.05, 3.63) is 65.2 Å². The van der Waals surface area contributed by atoms with Gasteiger partial charge in [-0.1, -0.05) is 11.8 Å². The summed E-state index contributed by atoms with van der Waals surface area (Å²) in [7, 11) is 3.89. The predicted molar refractivity (Wildman–Crippen MR) is 119 cm³/mol. The Hall–Kier alpha value is -3.92. The van der Waals surface area contributed by atoms with Crippen molar-refractivity contribution in [3.63, 3.8) is 0 Å². The van der Waals surface area contributed by atoms with Crippen LogP contribution in [0, 0.1) is 23.7 Å². The third-order valence-electron chi connectivity index (χ3n) is 4.68. The maximum Gasteiger partial charge on any atom is 0.269 e. The molecule has 2 rings (SSSR count). The molecular weight excluding hydrogens is 432 g/mol. The summed E-state index contributed by atoms with van der Waals surface area (Å²) in [5.41, 5.74) is 0.702. The van der Waals surface area contributed by atoms with Crippen LogP contribution < -0.4 is 15.7 Å². The van der Waals surface area contributed by atoms with E-state index in [2.05, 4.69) is 23.7 Å². The van der Waals surface area contributed by atoms with Gasteiger partial charge in [-0.25, -0.2) is 14.3 Å². The number of aliphatic hydroxyl groups is 1. The molecule has 33 heavy (non-hydrogen) atoms. The molecule has 2 aromatic carbocycles. The Balaban J connectivity index is 2.08. The monoisotopic (exact) mass is 455 g/mol. The van der Waals surface area contributed by atoms with E-state index in [4.69, 9.17) is 5.21 Å². The number of halogens is 2. The first-order chi connectivity index (χ1) is 15.6. The number of benzene rings is 2. The standard InChI is InChI=1S/C24H23F2N3O4/c1-24(32,23(25)26)20(22(31)28-33)27-21(30)18-12-8-16(9-13-18)6-4-5-7-17-10-14-19(15-11-17)29(2)3/h8-15,20,23,32-33H,1-3H3,(H,27,30)(H,28,31). The van der Waals surface area contributed by atoms with Crippen LogP contribution in [0.1, 0.15) is 28.4 Å². The van der Waals surface area contributed by atoms with Crippen LogP contribution in [0.4, 0.5) is 14.5 Å². The van der Waals surface area contributed by atoms with Crippen LogP contribution in [0.2, 0.25) is 0 Å². The summed E-state index contributed by atoms with van der Waals surface area (Å²) in [6.45, 7) is 0.675. The molecule has 0 aromatic heterocycles. The van der Waals surface area contributed by atoms with Gasteiger partial charge in [-0.15, -0.1) is 0 Å². The van der Waals surface area contributed by atoms with Crippen molar-refractivity contribution in [3.8, 4) is 23.7 Å². The fourth-order valence-electron chi connectivity index (χ4n) is 2.64.